The van der Waals surface area contributed by atoms with Crippen molar-refractivity contribution in [2.75, 3.05) is 28.4 Å². The van der Waals surface area contributed by atoms with Gasteiger partial charge in [-0.2, -0.15) is 0 Å². The zero-order valence-corrected chi connectivity index (χ0v) is 22.5. The Hall–Kier alpha value is -0.870. The maximum absolute atomic E-state index is 12.5. The Morgan fingerprint density at radius 1 is 0.867 bits per heavy atom. The predicted octanol–water partition coefficient (Wildman–Crippen LogP) is -4.19. The summed E-state index contributed by atoms with van der Waals surface area (Å²) in [6.45, 7) is 0. The monoisotopic (exact) mass is 456 g/mol. The third-order valence-corrected chi connectivity index (χ3v) is 4.09. The molecule has 2 aromatic carbocycles. The van der Waals surface area contributed by atoms with Crippen LogP contribution in [0.4, 0.5) is 0 Å². The van der Waals surface area contributed by atoms with Crippen molar-refractivity contribution < 1.29 is 102 Å². The molecule has 12 heteroatoms. The van der Waals surface area contributed by atoms with Crippen LogP contribution in [0, 0.1) is 0 Å². The fraction of sp³-hybridized carbons (Fsp3) is 0.222. The van der Waals surface area contributed by atoms with Gasteiger partial charge in [-0.25, -0.2) is 0 Å². The van der Waals surface area contributed by atoms with E-state index in [4.69, 9.17) is 23.8 Å². The van der Waals surface area contributed by atoms with Crippen molar-refractivity contribution in [1.29, 1.82) is 0 Å². The first kappa shape index (κ1) is 29.1. The van der Waals surface area contributed by atoms with E-state index in [1.165, 1.54) is 46.6 Å². The Labute approximate surface area is 218 Å². The molecular formula is C18H19Na2O9P. The fourth-order valence-electron chi connectivity index (χ4n) is 2.44. The van der Waals surface area contributed by atoms with Crippen molar-refractivity contribution in [2.45, 2.75) is 0 Å². The average Bonchev–Trinajstić information content (AvgIpc) is 2.66. The summed E-state index contributed by atoms with van der Waals surface area (Å²) in [4.78, 5) is 19.9. The van der Waals surface area contributed by atoms with Gasteiger partial charge in [0.05, 0.1) is 28.4 Å². The summed E-state index contributed by atoms with van der Waals surface area (Å²) >= 11 is 0. The number of hydrogen-bond acceptors (Lipinski definition) is 8. The first-order valence-electron chi connectivity index (χ1n) is 7.83. The standard InChI is InChI=1S/C18H21O9P.2Na/c1-23-13-8-7-12(16(19)18(13)27-28(20,21)22)6-5-11-9-14(24-2)17(26-4)15(10-11)25-3;;/h5-10,19H,1-4H3,(H2,20,21,22);;/q;2*+1/p-2/b6-5+;;. The van der Waals surface area contributed by atoms with E-state index in [0.29, 0.717) is 22.8 Å². The maximum atomic E-state index is 12.5. The minimum atomic E-state index is -5.18. The van der Waals surface area contributed by atoms with Crippen molar-refractivity contribution in [1.82, 2.24) is 0 Å². The first-order valence-corrected chi connectivity index (χ1v) is 9.33. The van der Waals surface area contributed by atoms with E-state index in [0.717, 1.165) is 0 Å². The Morgan fingerprint density at radius 2 is 1.40 bits per heavy atom. The molecule has 0 fully saturated rings. The summed E-state index contributed by atoms with van der Waals surface area (Å²) in [6.07, 6.45) is 3.04. The summed E-state index contributed by atoms with van der Waals surface area (Å²) in [5, 5.41) is 12.5. The summed E-state index contributed by atoms with van der Waals surface area (Å²) in [5.74, 6) is -0.255. The number of methoxy groups -OCH3 is 4. The van der Waals surface area contributed by atoms with Crippen LogP contribution in [0.2, 0.25) is 0 Å². The third-order valence-electron chi connectivity index (χ3n) is 3.68. The Balaban J connectivity index is 0.00000420. The van der Waals surface area contributed by atoms with Crippen LogP contribution in [-0.4, -0.2) is 33.3 Å². The topological polar surface area (TPSA) is 130 Å². The molecule has 0 radical (unpaired) electrons. The molecule has 30 heavy (non-hydrogen) atoms. The summed E-state index contributed by atoms with van der Waals surface area (Å²) in [5.41, 5.74) is 0.738. The predicted molar refractivity (Wildman–Crippen MR) is 97.9 cm³/mol. The van der Waals surface area contributed by atoms with E-state index in [9.17, 15) is 14.6 Å². The Morgan fingerprint density at radius 3 is 1.83 bits per heavy atom. The van der Waals surface area contributed by atoms with E-state index in [-0.39, 0.29) is 70.4 Å². The number of ether oxygens (including phenoxy) is 4. The molecule has 152 valence electrons. The van der Waals surface area contributed by atoms with Crippen molar-refractivity contribution >= 4 is 20.0 Å². The zero-order chi connectivity index (χ0) is 20.9. The molecule has 0 saturated carbocycles. The van der Waals surface area contributed by atoms with Crippen LogP contribution in [0.5, 0.6) is 34.5 Å². The number of rotatable bonds is 8. The van der Waals surface area contributed by atoms with E-state index >= 15 is 0 Å². The van der Waals surface area contributed by atoms with Gasteiger partial charge in [0.15, 0.2) is 23.0 Å². The first-order chi connectivity index (χ1) is 13.2. The Bertz CT molecular complexity index is 903. The van der Waals surface area contributed by atoms with Crippen molar-refractivity contribution in [3.05, 3.63) is 35.4 Å². The van der Waals surface area contributed by atoms with E-state index in [2.05, 4.69) is 4.52 Å². The number of phosphoric ester groups is 1. The minimum absolute atomic E-state index is 0. The molecule has 1 unspecified atom stereocenters. The molecular weight excluding hydrogens is 437 g/mol. The SMILES string of the molecule is COc1cc(/C=C/c2ccc(OC)c(OP(=O)([O-])O)c2[O-])cc(OC)c1OC.[Na+].[Na+]. The van der Waals surface area contributed by atoms with Gasteiger partial charge in [0, 0.05) is 0 Å². The van der Waals surface area contributed by atoms with Gasteiger partial charge in [0.2, 0.25) is 5.75 Å². The molecule has 1 N–H and O–H groups in total. The molecule has 0 aliphatic rings. The van der Waals surface area contributed by atoms with E-state index in [1.54, 1.807) is 18.2 Å². The quantitative estimate of drug-likeness (QED) is 0.239. The van der Waals surface area contributed by atoms with Gasteiger partial charge in [-0.15, -0.1) is 0 Å². The number of benzene rings is 2. The molecule has 2 rings (SSSR count). The normalized spacial score (nSPS) is 12.2. The summed E-state index contributed by atoms with van der Waals surface area (Å²) < 4.78 is 36.1. The van der Waals surface area contributed by atoms with Gasteiger partial charge < -0.3 is 38.4 Å². The Kier molecular flexibility index (Phi) is 12.5. The smallest absolute Gasteiger partial charge is 0.869 e. The van der Waals surface area contributed by atoms with E-state index < -0.39 is 19.3 Å². The number of phosphoric acid groups is 1. The van der Waals surface area contributed by atoms with Crippen LogP contribution in [0.3, 0.4) is 0 Å². The van der Waals surface area contributed by atoms with Crippen LogP contribution in [0.15, 0.2) is 24.3 Å². The number of hydrogen-bond donors (Lipinski definition) is 1. The largest absolute Gasteiger partial charge is 1.00 e. The van der Waals surface area contributed by atoms with Gasteiger partial charge in [-0.05, 0) is 29.3 Å². The summed E-state index contributed by atoms with van der Waals surface area (Å²) in [6, 6.07) is 6.11. The molecule has 0 aromatic heterocycles. The molecule has 0 saturated heterocycles. The molecule has 0 amide bonds. The maximum Gasteiger partial charge on any atom is 1.00 e. The van der Waals surface area contributed by atoms with Crippen molar-refractivity contribution in [3.63, 3.8) is 0 Å². The molecule has 2 aromatic rings. The van der Waals surface area contributed by atoms with Gasteiger partial charge in [0.25, 0.3) is 0 Å². The van der Waals surface area contributed by atoms with Gasteiger partial charge in [-0.1, -0.05) is 24.0 Å². The molecule has 9 nitrogen and oxygen atoms in total. The zero-order valence-electron chi connectivity index (χ0n) is 17.6. The molecule has 0 heterocycles. The third kappa shape index (κ3) is 7.37. The van der Waals surface area contributed by atoms with Crippen LogP contribution in [-0.2, 0) is 4.57 Å². The average molecular weight is 456 g/mol. The van der Waals surface area contributed by atoms with Crippen LogP contribution in [0.25, 0.3) is 12.2 Å². The molecule has 0 aliphatic carbocycles. The fourth-order valence-corrected chi connectivity index (χ4v) is 2.84. The van der Waals surface area contributed by atoms with E-state index in [1.807, 2.05) is 0 Å². The van der Waals surface area contributed by atoms with Gasteiger partial charge >= 0.3 is 66.9 Å². The molecule has 0 bridgehead atoms. The second-order valence-electron chi connectivity index (χ2n) is 5.37. The van der Waals surface area contributed by atoms with Crippen molar-refractivity contribution in [3.8, 4) is 34.5 Å². The molecule has 0 spiro atoms. The second-order valence-corrected chi connectivity index (χ2v) is 6.49. The van der Waals surface area contributed by atoms with Gasteiger partial charge in [0.1, 0.15) is 0 Å². The van der Waals surface area contributed by atoms with Crippen LogP contribution < -0.4 is 92.6 Å². The molecule has 1 atom stereocenters. The summed E-state index contributed by atoms with van der Waals surface area (Å²) in [7, 11) is 0.486. The van der Waals surface area contributed by atoms with Crippen LogP contribution >= 0.6 is 7.82 Å². The van der Waals surface area contributed by atoms with Crippen LogP contribution in [0.1, 0.15) is 11.1 Å². The molecule has 0 aliphatic heterocycles. The van der Waals surface area contributed by atoms with Gasteiger partial charge in [-0.3, -0.25) is 4.57 Å². The minimum Gasteiger partial charge on any atom is -0.869 e. The second kappa shape index (κ2) is 12.9. The van der Waals surface area contributed by atoms with Crippen molar-refractivity contribution in [2.24, 2.45) is 0 Å².